The largest absolute Gasteiger partial charge is 0.390 e. The van der Waals surface area contributed by atoms with E-state index in [0.717, 1.165) is 31.7 Å². The van der Waals surface area contributed by atoms with Crippen LogP contribution in [0.1, 0.15) is 48.8 Å². The van der Waals surface area contributed by atoms with Crippen molar-refractivity contribution in [2.45, 2.75) is 63.1 Å². The summed E-state index contributed by atoms with van der Waals surface area (Å²) >= 11 is 0. The van der Waals surface area contributed by atoms with E-state index >= 15 is 0 Å². The first kappa shape index (κ1) is 20.9. The van der Waals surface area contributed by atoms with Crippen LogP contribution in [0.15, 0.2) is 42.5 Å². The second-order valence-corrected chi connectivity index (χ2v) is 8.11. The van der Waals surface area contributed by atoms with Gasteiger partial charge in [-0.15, -0.1) is 0 Å². The fourth-order valence-electron chi connectivity index (χ4n) is 4.25. The lowest BCUT2D eigenvalue weighted by atomic mass is 9.76. The average Bonchev–Trinajstić information content (AvgIpc) is 2.66. The van der Waals surface area contributed by atoms with Gasteiger partial charge in [-0.2, -0.15) is 0 Å². The first-order valence-electron chi connectivity index (χ1n) is 10.1. The van der Waals surface area contributed by atoms with Crippen molar-refractivity contribution < 1.29 is 13.9 Å². The van der Waals surface area contributed by atoms with Crippen molar-refractivity contribution >= 4 is 0 Å². The molecule has 2 atom stereocenters. The van der Waals surface area contributed by atoms with Crippen LogP contribution in [0.3, 0.4) is 0 Å². The van der Waals surface area contributed by atoms with Gasteiger partial charge in [-0.05, 0) is 49.4 Å². The van der Waals surface area contributed by atoms with Crippen molar-refractivity contribution in [3.8, 4) is 0 Å². The van der Waals surface area contributed by atoms with Crippen molar-refractivity contribution in [3.63, 3.8) is 0 Å². The highest BCUT2D eigenvalue weighted by Gasteiger charge is 2.34. The van der Waals surface area contributed by atoms with Gasteiger partial charge in [-0.3, -0.25) is 0 Å². The summed E-state index contributed by atoms with van der Waals surface area (Å²) in [6, 6.07) is 11.3. The molecule has 0 heterocycles. The third kappa shape index (κ3) is 5.16. The van der Waals surface area contributed by atoms with Gasteiger partial charge in [-0.1, -0.05) is 49.1 Å². The molecule has 0 bridgehead atoms. The normalized spacial score (nSPS) is 18.6. The number of aliphatic hydroxyl groups excluding tert-OH is 1. The fraction of sp³-hybridized carbons (Fsp3) is 0.478. The molecule has 152 valence electrons. The van der Waals surface area contributed by atoms with Crippen LogP contribution in [-0.2, 0) is 12.0 Å². The highest BCUT2D eigenvalue weighted by molar-refractivity contribution is 5.29. The maximum atomic E-state index is 13.4. The van der Waals surface area contributed by atoms with Crippen LogP contribution < -0.4 is 11.1 Å². The van der Waals surface area contributed by atoms with Crippen molar-refractivity contribution in [3.05, 3.63) is 70.8 Å². The Kier molecular flexibility index (Phi) is 6.81. The smallest absolute Gasteiger partial charge is 0.126 e. The van der Waals surface area contributed by atoms with Gasteiger partial charge in [0.2, 0.25) is 0 Å². The highest BCUT2D eigenvalue weighted by atomic mass is 19.1. The van der Waals surface area contributed by atoms with E-state index in [1.807, 2.05) is 0 Å². The third-order valence-electron chi connectivity index (χ3n) is 5.82. The Hall–Kier alpha value is -1.82. The van der Waals surface area contributed by atoms with Gasteiger partial charge in [0.25, 0.3) is 0 Å². The fourth-order valence-corrected chi connectivity index (χ4v) is 4.25. The second kappa shape index (κ2) is 9.12. The second-order valence-electron chi connectivity index (χ2n) is 8.11. The Labute approximate surface area is 166 Å². The molecule has 1 aliphatic carbocycles. The third-order valence-corrected chi connectivity index (χ3v) is 5.82. The lowest BCUT2D eigenvalue weighted by Gasteiger charge is -2.40. The van der Waals surface area contributed by atoms with E-state index in [9.17, 15) is 13.9 Å². The minimum atomic E-state index is -0.810. The molecule has 1 fully saturated rings. The summed E-state index contributed by atoms with van der Waals surface area (Å²) in [5, 5.41) is 14.2. The Balaban J connectivity index is 1.67. The molecule has 0 spiro atoms. The molecule has 3 rings (SSSR count). The molecule has 0 aromatic heterocycles. The molecule has 1 saturated carbocycles. The zero-order valence-corrected chi connectivity index (χ0v) is 16.4. The van der Waals surface area contributed by atoms with E-state index in [1.54, 1.807) is 0 Å². The molecule has 0 aliphatic heterocycles. The van der Waals surface area contributed by atoms with Crippen LogP contribution in [0, 0.1) is 18.6 Å². The number of aryl methyl sites for hydroxylation is 1. The van der Waals surface area contributed by atoms with Gasteiger partial charge in [0.1, 0.15) is 11.6 Å². The molecule has 5 heteroatoms. The van der Waals surface area contributed by atoms with Gasteiger partial charge in [-0.25, -0.2) is 8.78 Å². The average molecular weight is 389 g/mol. The first-order chi connectivity index (χ1) is 13.4. The number of hydrogen-bond donors (Lipinski definition) is 3. The molecule has 28 heavy (non-hydrogen) atoms. The number of aliphatic hydroxyl groups is 1. The Morgan fingerprint density at radius 2 is 1.75 bits per heavy atom. The number of halogens is 2. The van der Waals surface area contributed by atoms with Crippen molar-refractivity contribution in [1.82, 2.24) is 5.32 Å². The molecule has 0 saturated heterocycles. The summed E-state index contributed by atoms with van der Waals surface area (Å²) in [6.07, 6.45) is 4.96. The molecular weight excluding hydrogens is 358 g/mol. The van der Waals surface area contributed by atoms with Gasteiger partial charge in [0.15, 0.2) is 0 Å². The maximum absolute atomic E-state index is 13.4. The van der Waals surface area contributed by atoms with E-state index in [-0.39, 0.29) is 12.0 Å². The van der Waals surface area contributed by atoms with Crippen LogP contribution in [0.5, 0.6) is 0 Å². The molecule has 0 amide bonds. The Morgan fingerprint density at radius 3 is 2.39 bits per heavy atom. The van der Waals surface area contributed by atoms with E-state index < -0.39 is 23.8 Å². The summed E-state index contributed by atoms with van der Waals surface area (Å²) in [6.45, 7) is 2.43. The number of rotatable bonds is 7. The van der Waals surface area contributed by atoms with E-state index in [0.29, 0.717) is 12.1 Å². The molecular formula is C23H30F2N2O. The molecule has 1 aliphatic rings. The highest BCUT2D eigenvalue weighted by Crippen LogP contribution is 2.37. The lowest BCUT2D eigenvalue weighted by molar-refractivity contribution is 0.116. The van der Waals surface area contributed by atoms with E-state index in [1.165, 1.54) is 29.7 Å². The predicted molar refractivity (Wildman–Crippen MR) is 108 cm³/mol. The number of nitrogens with two attached hydrogens (primary N) is 1. The zero-order chi connectivity index (χ0) is 20.1. The summed E-state index contributed by atoms with van der Waals surface area (Å²) in [5.41, 5.74) is 8.90. The summed E-state index contributed by atoms with van der Waals surface area (Å²) in [7, 11) is 0. The summed E-state index contributed by atoms with van der Waals surface area (Å²) < 4.78 is 26.8. The molecule has 3 nitrogen and oxygen atoms in total. The van der Waals surface area contributed by atoms with Crippen LogP contribution in [0.25, 0.3) is 0 Å². The maximum Gasteiger partial charge on any atom is 0.126 e. The zero-order valence-electron chi connectivity index (χ0n) is 16.4. The van der Waals surface area contributed by atoms with E-state index in [4.69, 9.17) is 5.73 Å². The predicted octanol–water partition coefficient (Wildman–Crippen LogP) is 3.95. The standard InChI is InChI=1S/C23H30F2N2O/c1-16-6-5-7-18(10-16)23(8-3-2-4-9-23)27-15-22(28)21(26)13-17-11-19(24)14-20(25)12-17/h5-7,10-12,14,21-22,27-28H,2-4,8-9,13,15,26H2,1H3/t21-,22+/m0/s1. The first-order valence-corrected chi connectivity index (χ1v) is 10.1. The van der Waals surface area contributed by atoms with Crippen LogP contribution >= 0.6 is 0 Å². The van der Waals surface area contributed by atoms with Gasteiger partial charge >= 0.3 is 0 Å². The monoisotopic (exact) mass is 388 g/mol. The number of nitrogens with one attached hydrogen (secondary N) is 1. The van der Waals surface area contributed by atoms with Crippen LogP contribution in [0.2, 0.25) is 0 Å². The summed E-state index contributed by atoms with van der Waals surface area (Å²) in [4.78, 5) is 0. The topological polar surface area (TPSA) is 58.3 Å². The van der Waals surface area contributed by atoms with Crippen LogP contribution in [-0.4, -0.2) is 23.8 Å². The van der Waals surface area contributed by atoms with Crippen molar-refractivity contribution in [2.75, 3.05) is 6.54 Å². The molecule has 0 radical (unpaired) electrons. The Bertz CT molecular complexity index is 770. The van der Waals surface area contributed by atoms with Crippen LogP contribution in [0.4, 0.5) is 8.78 Å². The van der Waals surface area contributed by atoms with Crippen molar-refractivity contribution in [2.24, 2.45) is 5.73 Å². The molecule has 0 unspecified atom stereocenters. The summed E-state index contributed by atoms with van der Waals surface area (Å²) in [5.74, 6) is -1.26. The van der Waals surface area contributed by atoms with Crippen molar-refractivity contribution in [1.29, 1.82) is 0 Å². The quantitative estimate of drug-likeness (QED) is 0.673. The lowest BCUT2D eigenvalue weighted by Crippen LogP contribution is -2.51. The number of hydrogen-bond acceptors (Lipinski definition) is 3. The minimum absolute atomic E-state index is 0.157. The van der Waals surface area contributed by atoms with Gasteiger partial charge < -0.3 is 16.2 Å². The number of benzene rings is 2. The van der Waals surface area contributed by atoms with E-state index in [2.05, 4.69) is 36.5 Å². The molecule has 2 aromatic rings. The van der Waals surface area contributed by atoms with Gasteiger partial charge in [0.05, 0.1) is 6.10 Å². The minimum Gasteiger partial charge on any atom is -0.390 e. The van der Waals surface area contributed by atoms with Gasteiger partial charge in [0, 0.05) is 24.2 Å². The Morgan fingerprint density at radius 1 is 1.07 bits per heavy atom. The SMILES string of the molecule is Cc1cccc(C2(NC[C@@H](O)[C@@H](N)Cc3cc(F)cc(F)c3)CCCCC2)c1. The molecule has 4 N–H and O–H groups in total. The molecule has 2 aromatic carbocycles.